The fourth-order valence-corrected chi connectivity index (χ4v) is 1.71. The van der Waals surface area contributed by atoms with E-state index in [-0.39, 0.29) is 0 Å². The molecule has 0 radical (unpaired) electrons. The Morgan fingerprint density at radius 1 is 1.27 bits per heavy atom. The Hall–Kier alpha value is -0.560. The Balaban J connectivity index is 4.33. The van der Waals surface area contributed by atoms with Crippen LogP contribution in [-0.4, -0.2) is 6.04 Å². The van der Waals surface area contributed by atoms with Gasteiger partial charge in [0.25, 0.3) is 0 Å². The summed E-state index contributed by atoms with van der Waals surface area (Å²) in [6, 6.07) is 0.331. The summed E-state index contributed by atoms with van der Waals surface area (Å²) < 4.78 is 0. The van der Waals surface area contributed by atoms with Crippen molar-refractivity contribution in [3.8, 4) is 0 Å². The van der Waals surface area contributed by atoms with Crippen molar-refractivity contribution >= 4 is 0 Å². The fraction of sp³-hybridized carbons (Fsp3) is 0.714. The molecule has 0 aliphatic heterocycles. The van der Waals surface area contributed by atoms with E-state index in [1.165, 1.54) is 12.0 Å². The Kier molecular flexibility index (Phi) is 8.40. The van der Waals surface area contributed by atoms with Crippen LogP contribution in [-0.2, 0) is 0 Å². The van der Waals surface area contributed by atoms with Gasteiger partial charge in [0.2, 0.25) is 0 Å². The van der Waals surface area contributed by atoms with Crippen LogP contribution in [0.5, 0.6) is 0 Å². The molecule has 0 aliphatic carbocycles. The molecule has 1 nitrogen and oxygen atoms in total. The first kappa shape index (κ1) is 14.4. The van der Waals surface area contributed by atoms with Crippen LogP contribution in [0, 0.1) is 5.92 Å². The van der Waals surface area contributed by atoms with E-state index in [1.807, 2.05) is 6.08 Å². The number of rotatable bonds is 8. The van der Waals surface area contributed by atoms with E-state index in [9.17, 15) is 0 Å². The van der Waals surface area contributed by atoms with E-state index in [2.05, 4.69) is 33.4 Å². The third-order valence-electron chi connectivity index (χ3n) is 2.97. The van der Waals surface area contributed by atoms with Gasteiger partial charge < -0.3 is 5.73 Å². The molecule has 0 saturated carbocycles. The van der Waals surface area contributed by atoms with Crippen molar-refractivity contribution in [1.82, 2.24) is 0 Å². The summed E-state index contributed by atoms with van der Waals surface area (Å²) in [5, 5.41) is 0. The summed E-state index contributed by atoms with van der Waals surface area (Å²) >= 11 is 0. The summed E-state index contributed by atoms with van der Waals surface area (Å²) in [5.41, 5.74) is 7.49. The maximum atomic E-state index is 5.98. The molecule has 15 heavy (non-hydrogen) atoms. The summed E-state index contributed by atoms with van der Waals surface area (Å²) in [4.78, 5) is 0. The number of hydrogen-bond acceptors (Lipinski definition) is 1. The molecular weight excluding hydrogens is 182 g/mol. The lowest BCUT2D eigenvalue weighted by molar-refractivity contribution is 0.600. The number of nitrogens with two attached hydrogens (primary N) is 1. The van der Waals surface area contributed by atoms with Crippen molar-refractivity contribution in [2.75, 3.05) is 0 Å². The molecule has 0 amide bonds. The second kappa shape index (κ2) is 8.72. The molecule has 88 valence electrons. The van der Waals surface area contributed by atoms with Gasteiger partial charge in [-0.2, -0.15) is 0 Å². The summed E-state index contributed by atoms with van der Waals surface area (Å²) in [6.07, 6.45) is 9.95. The zero-order chi connectivity index (χ0) is 11.7. The Morgan fingerprint density at radius 2 is 1.93 bits per heavy atom. The van der Waals surface area contributed by atoms with E-state index >= 15 is 0 Å². The van der Waals surface area contributed by atoms with Crippen molar-refractivity contribution in [2.24, 2.45) is 11.7 Å². The Bertz CT molecular complexity index is 194. The molecule has 0 spiro atoms. The lowest BCUT2D eigenvalue weighted by Gasteiger charge is -2.14. The molecule has 0 aromatic rings. The Labute approximate surface area is 95.4 Å². The Morgan fingerprint density at radius 3 is 2.33 bits per heavy atom. The van der Waals surface area contributed by atoms with E-state index in [1.54, 1.807) is 0 Å². The lowest BCUT2D eigenvalue weighted by Crippen LogP contribution is -2.19. The highest BCUT2D eigenvalue weighted by Gasteiger charge is 2.06. The van der Waals surface area contributed by atoms with Gasteiger partial charge in [0.05, 0.1) is 0 Å². The first-order valence-corrected chi connectivity index (χ1v) is 6.23. The summed E-state index contributed by atoms with van der Waals surface area (Å²) in [5.74, 6) is 0.654. The van der Waals surface area contributed by atoms with Crippen LogP contribution in [0.3, 0.4) is 0 Å². The van der Waals surface area contributed by atoms with Crippen LogP contribution >= 0.6 is 0 Å². The van der Waals surface area contributed by atoms with Crippen LogP contribution in [0.15, 0.2) is 24.3 Å². The maximum Gasteiger partial charge on any atom is 0.00734 e. The fourth-order valence-electron chi connectivity index (χ4n) is 1.71. The minimum Gasteiger partial charge on any atom is -0.327 e. The molecular formula is C14H27N. The molecule has 2 N–H and O–H groups in total. The first-order valence-electron chi connectivity index (χ1n) is 6.23. The van der Waals surface area contributed by atoms with Crippen LogP contribution in [0.25, 0.3) is 0 Å². The average molecular weight is 209 g/mol. The van der Waals surface area contributed by atoms with E-state index in [4.69, 9.17) is 5.73 Å². The molecule has 0 bridgehead atoms. The van der Waals surface area contributed by atoms with Crippen LogP contribution in [0.4, 0.5) is 0 Å². The van der Waals surface area contributed by atoms with Gasteiger partial charge in [-0.15, -0.1) is 6.58 Å². The summed E-state index contributed by atoms with van der Waals surface area (Å²) in [7, 11) is 0. The molecule has 0 aliphatic rings. The summed E-state index contributed by atoms with van der Waals surface area (Å²) in [6.45, 7) is 10.4. The number of allylic oxidation sites excluding steroid dienone is 2. The van der Waals surface area contributed by atoms with Gasteiger partial charge in [0.15, 0.2) is 0 Å². The van der Waals surface area contributed by atoms with Crippen LogP contribution < -0.4 is 5.73 Å². The highest BCUT2D eigenvalue weighted by molar-refractivity contribution is 5.06. The molecule has 0 aromatic carbocycles. The maximum absolute atomic E-state index is 5.98. The smallest absolute Gasteiger partial charge is 0.00734 e. The molecule has 2 atom stereocenters. The first-order chi connectivity index (χ1) is 7.17. The topological polar surface area (TPSA) is 26.0 Å². The quantitative estimate of drug-likeness (QED) is 0.600. The van der Waals surface area contributed by atoms with E-state index in [0.717, 1.165) is 25.7 Å². The van der Waals surface area contributed by atoms with Crippen molar-refractivity contribution in [3.05, 3.63) is 24.3 Å². The minimum atomic E-state index is 0.331. The molecule has 0 fully saturated rings. The van der Waals surface area contributed by atoms with E-state index in [0.29, 0.717) is 12.0 Å². The van der Waals surface area contributed by atoms with Gasteiger partial charge in [0.1, 0.15) is 0 Å². The third kappa shape index (κ3) is 6.51. The zero-order valence-electron chi connectivity index (χ0n) is 10.6. The molecule has 2 unspecified atom stereocenters. The van der Waals surface area contributed by atoms with Gasteiger partial charge in [-0.25, -0.2) is 0 Å². The van der Waals surface area contributed by atoms with Gasteiger partial charge in [0, 0.05) is 6.04 Å². The molecule has 1 heteroatoms. The van der Waals surface area contributed by atoms with Crippen molar-refractivity contribution in [2.45, 2.75) is 58.9 Å². The largest absolute Gasteiger partial charge is 0.327 e. The van der Waals surface area contributed by atoms with Gasteiger partial charge in [-0.1, -0.05) is 38.5 Å². The van der Waals surface area contributed by atoms with Crippen LogP contribution in [0.1, 0.15) is 52.9 Å². The molecule has 0 rings (SSSR count). The van der Waals surface area contributed by atoms with Crippen molar-refractivity contribution in [3.63, 3.8) is 0 Å². The van der Waals surface area contributed by atoms with Crippen LogP contribution in [0.2, 0.25) is 0 Å². The average Bonchev–Trinajstić information content (AvgIpc) is 2.26. The monoisotopic (exact) mass is 209 g/mol. The second-order valence-corrected chi connectivity index (χ2v) is 4.24. The van der Waals surface area contributed by atoms with Crippen molar-refractivity contribution < 1.29 is 0 Å². The molecule has 0 saturated heterocycles. The normalized spacial score (nSPS) is 16.1. The second-order valence-electron chi connectivity index (χ2n) is 4.24. The standard InChI is InChI=1S/C14H27N/c1-5-9-12(6-2)10-13(7-3)11-14(15)8-4/h5,10,12,14H,1,6-9,11,15H2,2-4H3/b13-10+. The van der Waals surface area contributed by atoms with Gasteiger partial charge in [-0.05, 0) is 38.0 Å². The molecule has 0 aromatic heterocycles. The third-order valence-corrected chi connectivity index (χ3v) is 2.97. The predicted octanol–water partition coefficient (Wildman–Crippen LogP) is 4.05. The van der Waals surface area contributed by atoms with Crippen molar-refractivity contribution in [1.29, 1.82) is 0 Å². The van der Waals surface area contributed by atoms with Gasteiger partial charge in [-0.3, -0.25) is 0 Å². The highest BCUT2D eigenvalue weighted by Crippen LogP contribution is 2.18. The predicted molar refractivity (Wildman–Crippen MR) is 69.9 cm³/mol. The lowest BCUT2D eigenvalue weighted by atomic mass is 9.94. The number of hydrogen-bond donors (Lipinski definition) is 1. The van der Waals surface area contributed by atoms with E-state index < -0.39 is 0 Å². The van der Waals surface area contributed by atoms with Gasteiger partial charge >= 0.3 is 0 Å². The SMILES string of the molecule is C=CCC(/C=C(\CC)CC(N)CC)CC. The zero-order valence-corrected chi connectivity index (χ0v) is 10.6. The minimum absolute atomic E-state index is 0.331. The molecule has 0 heterocycles. The highest BCUT2D eigenvalue weighted by atomic mass is 14.6.